The van der Waals surface area contributed by atoms with E-state index in [9.17, 15) is 0 Å². The molecule has 6 nitrogen and oxygen atoms in total. The number of methoxy groups -OCH3 is 1. The number of nitrogens with one attached hydrogen (secondary N) is 1. The first-order chi connectivity index (χ1) is 14.6. The van der Waals surface area contributed by atoms with Gasteiger partial charge < -0.3 is 15.0 Å². The molecule has 0 saturated carbocycles. The molecule has 1 N–H and O–H groups in total. The Hall–Kier alpha value is -2.77. The van der Waals surface area contributed by atoms with Crippen LogP contribution in [0.4, 0.5) is 17.5 Å². The van der Waals surface area contributed by atoms with Crippen LogP contribution in [0.25, 0.3) is 0 Å². The van der Waals surface area contributed by atoms with Crippen LogP contribution in [-0.2, 0) is 0 Å². The normalized spacial score (nSPS) is 14.6. The monoisotopic (exact) mass is 421 g/mol. The number of rotatable bonds is 6. The summed E-state index contributed by atoms with van der Waals surface area (Å²) in [4.78, 5) is 12.9. The predicted octanol–water partition coefficient (Wildman–Crippen LogP) is 4.67. The summed E-state index contributed by atoms with van der Waals surface area (Å²) in [5.74, 6) is 2.51. The maximum absolute atomic E-state index is 5.33. The minimum absolute atomic E-state index is 0.641. The smallest absolute Gasteiger partial charge is 0.229 e. The number of benzene rings is 2. The summed E-state index contributed by atoms with van der Waals surface area (Å²) in [6.45, 7) is 7.88. The van der Waals surface area contributed by atoms with Gasteiger partial charge in [0.1, 0.15) is 11.6 Å². The third kappa shape index (κ3) is 5.23. The third-order valence-electron chi connectivity index (χ3n) is 4.99. The topological polar surface area (TPSA) is 53.5 Å². The lowest BCUT2D eigenvalue weighted by molar-refractivity contribution is 0.412. The quantitative estimate of drug-likeness (QED) is 0.580. The standard InChI is InChI=1S/C23H27N5OS/c1-17-7-9-19(10-8-17)25-23-24-18(2)15-22(26-23)27-11-13-28(14-12-27)30-21-6-4-5-20(16-21)29-3/h4-10,15-16H,11-14H2,1-3H3,(H,24,25,26). The van der Waals surface area contributed by atoms with Crippen LogP contribution in [-0.4, -0.2) is 47.6 Å². The highest BCUT2D eigenvalue weighted by Gasteiger charge is 2.20. The number of hydrogen-bond acceptors (Lipinski definition) is 7. The van der Waals surface area contributed by atoms with Gasteiger partial charge in [-0.05, 0) is 56.1 Å². The minimum atomic E-state index is 0.641. The van der Waals surface area contributed by atoms with Gasteiger partial charge in [0.2, 0.25) is 5.95 Å². The second-order valence-corrected chi connectivity index (χ2v) is 8.54. The summed E-state index contributed by atoms with van der Waals surface area (Å²) < 4.78 is 7.72. The van der Waals surface area contributed by atoms with Crippen LogP contribution in [0.3, 0.4) is 0 Å². The molecule has 1 saturated heterocycles. The van der Waals surface area contributed by atoms with Crippen LogP contribution in [0.1, 0.15) is 11.3 Å². The second kappa shape index (κ2) is 9.36. The Morgan fingerprint density at radius 2 is 1.70 bits per heavy atom. The molecule has 2 heterocycles. The van der Waals surface area contributed by atoms with Gasteiger partial charge in [0.25, 0.3) is 0 Å². The van der Waals surface area contributed by atoms with E-state index in [0.717, 1.165) is 49.1 Å². The Kier molecular flexibility index (Phi) is 6.40. The Bertz CT molecular complexity index is 987. The Labute approximate surface area is 182 Å². The summed E-state index contributed by atoms with van der Waals surface area (Å²) in [6, 6.07) is 18.5. The van der Waals surface area contributed by atoms with Crippen LogP contribution in [0, 0.1) is 13.8 Å². The largest absolute Gasteiger partial charge is 0.497 e. The van der Waals surface area contributed by atoms with Crippen molar-refractivity contribution in [1.82, 2.24) is 14.3 Å². The summed E-state index contributed by atoms with van der Waals surface area (Å²) in [5, 5.41) is 3.33. The third-order valence-corrected chi connectivity index (χ3v) is 6.07. The average Bonchev–Trinajstić information content (AvgIpc) is 2.76. The molecular formula is C23H27N5OS. The van der Waals surface area contributed by atoms with E-state index in [-0.39, 0.29) is 0 Å². The Morgan fingerprint density at radius 3 is 2.43 bits per heavy atom. The van der Waals surface area contributed by atoms with Gasteiger partial charge in [-0.15, -0.1) is 0 Å². The van der Waals surface area contributed by atoms with Crippen LogP contribution in [0.5, 0.6) is 5.75 Å². The number of hydrogen-bond donors (Lipinski definition) is 1. The van der Waals surface area contributed by atoms with Crippen molar-refractivity contribution in [2.45, 2.75) is 18.7 Å². The van der Waals surface area contributed by atoms with Gasteiger partial charge in [0.05, 0.1) is 7.11 Å². The first-order valence-electron chi connectivity index (χ1n) is 10.1. The number of aryl methyl sites for hydroxylation is 2. The predicted molar refractivity (Wildman–Crippen MR) is 124 cm³/mol. The molecule has 1 aromatic heterocycles. The summed E-state index contributed by atoms with van der Waals surface area (Å²) in [6.07, 6.45) is 0. The molecule has 0 spiro atoms. The molecule has 4 rings (SSSR count). The van der Waals surface area contributed by atoms with Crippen molar-refractivity contribution in [2.75, 3.05) is 43.5 Å². The molecule has 1 aliphatic heterocycles. The van der Waals surface area contributed by atoms with Gasteiger partial charge in [0.15, 0.2) is 0 Å². The van der Waals surface area contributed by atoms with Crippen LogP contribution in [0.2, 0.25) is 0 Å². The van der Waals surface area contributed by atoms with E-state index in [4.69, 9.17) is 9.72 Å². The molecule has 0 unspecified atom stereocenters. The van der Waals surface area contributed by atoms with Gasteiger partial charge in [-0.2, -0.15) is 4.98 Å². The highest BCUT2D eigenvalue weighted by atomic mass is 32.2. The van der Waals surface area contributed by atoms with Crippen LogP contribution < -0.4 is 15.0 Å². The maximum Gasteiger partial charge on any atom is 0.229 e. The molecule has 1 fully saturated rings. The summed E-state index contributed by atoms with van der Waals surface area (Å²) in [5.41, 5.74) is 3.19. The molecule has 2 aromatic carbocycles. The molecule has 1 aliphatic rings. The van der Waals surface area contributed by atoms with Crippen molar-refractivity contribution in [1.29, 1.82) is 0 Å². The van der Waals surface area contributed by atoms with E-state index < -0.39 is 0 Å². The van der Waals surface area contributed by atoms with Gasteiger partial charge in [-0.25, -0.2) is 9.29 Å². The average molecular weight is 422 g/mol. The zero-order valence-electron chi connectivity index (χ0n) is 17.6. The van der Waals surface area contributed by atoms with E-state index >= 15 is 0 Å². The molecule has 0 bridgehead atoms. The van der Waals surface area contributed by atoms with Crippen molar-refractivity contribution < 1.29 is 4.74 Å². The first kappa shape index (κ1) is 20.5. The van der Waals surface area contributed by atoms with Crippen molar-refractivity contribution in [3.05, 3.63) is 65.9 Å². The molecule has 7 heteroatoms. The van der Waals surface area contributed by atoms with Gasteiger partial charge in [-0.3, -0.25) is 0 Å². The summed E-state index contributed by atoms with van der Waals surface area (Å²) >= 11 is 1.78. The Morgan fingerprint density at radius 1 is 0.933 bits per heavy atom. The van der Waals surface area contributed by atoms with E-state index in [2.05, 4.69) is 68.9 Å². The van der Waals surface area contributed by atoms with Crippen LogP contribution in [0.15, 0.2) is 59.5 Å². The summed E-state index contributed by atoms with van der Waals surface area (Å²) in [7, 11) is 1.70. The zero-order valence-corrected chi connectivity index (χ0v) is 18.4. The van der Waals surface area contributed by atoms with Gasteiger partial charge in [-0.1, -0.05) is 23.8 Å². The fourth-order valence-corrected chi connectivity index (χ4v) is 4.30. The molecule has 30 heavy (non-hydrogen) atoms. The second-order valence-electron chi connectivity index (χ2n) is 7.37. The fourth-order valence-electron chi connectivity index (χ4n) is 3.35. The van der Waals surface area contributed by atoms with Gasteiger partial charge in [0, 0.05) is 48.5 Å². The lowest BCUT2D eigenvalue weighted by Gasteiger charge is -2.34. The van der Waals surface area contributed by atoms with E-state index in [1.54, 1.807) is 19.1 Å². The van der Waals surface area contributed by atoms with Crippen molar-refractivity contribution in [2.24, 2.45) is 0 Å². The molecule has 156 valence electrons. The molecular weight excluding hydrogens is 394 g/mol. The zero-order chi connectivity index (χ0) is 20.9. The minimum Gasteiger partial charge on any atom is -0.497 e. The van der Waals surface area contributed by atoms with E-state index in [1.165, 1.54) is 10.5 Å². The van der Waals surface area contributed by atoms with E-state index in [0.29, 0.717) is 5.95 Å². The highest BCUT2D eigenvalue weighted by Crippen LogP contribution is 2.28. The lowest BCUT2D eigenvalue weighted by atomic mass is 10.2. The maximum atomic E-state index is 5.33. The number of aromatic nitrogens is 2. The number of anilines is 3. The lowest BCUT2D eigenvalue weighted by Crippen LogP contribution is -2.43. The van der Waals surface area contributed by atoms with E-state index in [1.807, 2.05) is 19.1 Å². The number of ether oxygens (including phenoxy) is 1. The first-order valence-corrected chi connectivity index (χ1v) is 10.9. The molecule has 0 radical (unpaired) electrons. The molecule has 0 amide bonds. The SMILES string of the molecule is COc1cccc(SN2CCN(c3cc(C)nc(Nc4ccc(C)cc4)n3)CC2)c1. The number of nitrogens with zero attached hydrogens (tertiary/aromatic N) is 4. The fraction of sp³-hybridized carbons (Fsp3) is 0.304. The van der Waals surface area contributed by atoms with Gasteiger partial charge >= 0.3 is 0 Å². The Balaban J connectivity index is 1.39. The van der Waals surface area contributed by atoms with Crippen LogP contribution >= 0.6 is 11.9 Å². The highest BCUT2D eigenvalue weighted by molar-refractivity contribution is 7.97. The van der Waals surface area contributed by atoms with Crippen molar-refractivity contribution in [3.8, 4) is 5.75 Å². The molecule has 3 aromatic rings. The molecule has 0 aliphatic carbocycles. The molecule has 0 atom stereocenters. The van der Waals surface area contributed by atoms with Crippen molar-refractivity contribution in [3.63, 3.8) is 0 Å². The van der Waals surface area contributed by atoms with Crippen molar-refractivity contribution >= 4 is 29.4 Å². The number of piperazine rings is 1.